The predicted octanol–water partition coefficient (Wildman–Crippen LogP) is 7.90. The Morgan fingerprint density at radius 1 is 0.948 bits per heavy atom. The molecule has 0 bridgehead atoms. The molecule has 0 radical (unpaired) electrons. The van der Waals surface area contributed by atoms with Gasteiger partial charge in [0.25, 0.3) is 0 Å². The molecular weight excluding hydrogens is 787 g/mol. The van der Waals surface area contributed by atoms with Gasteiger partial charge >= 0.3 is 14.0 Å². The van der Waals surface area contributed by atoms with E-state index in [0.717, 1.165) is 76.7 Å². The molecule has 1 aromatic carbocycles. The van der Waals surface area contributed by atoms with E-state index in [1.807, 2.05) is 6.07 Å². The van der Waals surface area contributed by atoms with E-state index in [9.17, 15) is 47.8 Å². The predicted molar refractivity (Wildman–Crippen MR) is 203 cm³/mol. The summed E-state index contributed by atoms with van der Waals surface area (Å²) in [5.41, 5.74) is 4.73. The molecular formula is C39H53F4N6O8P. The number of phosphoric ester groups is 1. The van der Waals surface area contributed by atoms with Gasteiger partial charge in [-0.1, -0.05) is 83.5 Å². The number of ether oxygens (including phenoxy) is 2. The maximum atomic E-state index is 14.1. The molecule has 3 heterocycles. The van der Waals surface area contributed by atoms with Crippen LogP contribution in [0, 0.1) is 28.5 Å². The van der Waals surface area contributed by atoms with Crippen LogP contribution in [-0.2, 0) is 29.7 Å². The Hall–Kier alpha value is -3.71. The number of fused-ring (bicyclic) bond motifs is 1. The van der Waals surface area contributed by atoms with Gasteiger partial charge in [0, 0.05) is 6.42 Å². The number of hydrogen-bond acceptors (Lipinski definition) is 12. The lowest BCUT2D eigenvalue weighted by molar-refractivity contribution is -0.135. The molecule has 58 heavy (non-hydrogen) atoms. The van der Waals surface area contributed by atoms with Crippen molar-refractivity contribution in [2.24, 2.45) is 0 Å². The van der Waals surface area contributed by atoms with Gasteiger partial charge < -0.3 is 30.3 Å². The van der Waals surface area contributed by atoms with Gasteiger partial charge in [0.05, 0.1) is 36.6 Å². The summed E-state index contributed by atoms with van der Waals surface area (Å²) in [6.45, 7) is -1.49. The number of unbranched alkanes of at least 4 members (excludes halogenated alkanes) is 13. The van der Waals surface area contributed by atoms with E-state index in [-0.39, 0.29) is 30.1 Å². The number of aromatic nitrogens is 3. The number of hydrogen-bond donors (Lipinski definition) is 4. The number of aliphatic hydroxyl groups is 2. The van der Waals surface area contributed by atoms with Gasteiger partial charge in [-0.15, -0.1) is 0 Å². The van der Waals surface area contributed by atoms with E-state index >= 15 is 0 Å². The first-order valence-corrected chi connectivity index (χ1v) is 21.2. The Morgan fingerprint density at radius 3 is 2.17 bits per heavy atom. The van der Waals surface area contributed by atoms with Gasteiger partial charge in [0.15, 0.2) is 5.82 Å². The first kappa shape index (κ1) is 47.0. The molecule has 1 saturated heterocycles. The van der Waals surface area contributed by atoms with Gasteiger partial charge in [-0.3, -0.25) is 9.05 Å². The van der Waals surface area contributed by atoms with Crippen molar-refractivity contribution in [2.45, 2.75) is 146 Å². The fourth-order valence-electron chi connectivity index (χ4n) is 6.91. The number of nitrogens with two attached hydrogens (primary N) is 1. The van der Waals surface area contributed by atoms with Crippen LogP contribution in [0.25, 0.3) is 5.52 Å². The highest BCUT2D eigenvalue weighted by atomic mass is 31.2. The van der Waals surface area contributed by atoms with Crippen molar-refractivity contribution in [2.75, 3.05) is 18.9 Å². The maximum Gasteiger partial charge on any atom is 0.472 e. The van der Waals surface area contributed by atoms with Crippen molar-refractivity contribution in [1.82, 2.24) is 14.6 Å². The molecule has 2 aromatic heterocycles. The van der Waals surface area contributed by atoms with Crippen LogP contribution in [0.4, 0.5) is 23.4 Å². The number of aliphatic hydroxyl groups excluding tert-OH is 2. The van der Waals surface area contributed by atoms with Crippen molar-refractivity contribution < 1.29 is 55.8 Å². The average molecular weight is 841 g/mol. The third kappa shape index (κ3) is 14.5. The lowest BCUT2D eigenvalue weighted by Crippen LogP contribution is -2.45. The van der Waals surface area contributed by atoms with Crippen molar-refractivity contribution in [3.05, 3.63) is 59.3 Å². The third-order valence-electron chi connectivity index (χ3n) is 10.1. The van der Waals surface area contributed by atoms with E-state index in [1.165, 1.54) is 29.0 Å². The lowest BCUT2D eigenvalue weighted by Gasteiger charge is -2.26. The summed E-state index contributed by atoms with van der Waals surface area (Å²) in [4.78, 5) is 14.5. The number of nitriles is 2. The topological polar surface area (TPSA) is 218 Å². The molecule has 1 aliphatic heterocycles. The standard InChI is InChI=1S/C39H53F4N6O8P/c40-30-20-28(22-44)19-29(21-30)23-54-31(15-13-11-9-7-5-3-1-2-4-6-8-10-12-14-18-39(41,42)43)24-55-58(52,53)56-26-38(25-45)36(51)34(50)35(57-38)32-16-17-33-37(46)47-27-48-49(32)33/h16-17,19-21,27,31,34-36,50-51H,1-15,18,23-24,26H2,(H,52,53)(H2,46,47,48)/t31-,34-,35-,36-,38+/m0/s1. The lowest BCUT2D eigenvalue weighted by atomic mass is 9.96. The van der Waals surface area contributed by atoms with Gasteiger partial charge in [-0.05, 0) is 48.7 Å². The van der Waals surface area contributed by atoms with E-state index in [1.54, 1.807) is 12.1 Å². The molecule has 0 aliphatic carbocycles. The maximum absolute atomic E-state index is 14.1. The van der Waals surface area contributed by atoms with Gasteiger partial charge in [-0.25, -0.2) is 18.5 Å². The molecule has 6 atom stereocenters. The van der Waals surface area contributed by atoms with E-state index in [0.29, 0.717) is 30.3 Å². The van der Waals surface area contributed by atoms with Crippen LogP contribution in [0.2, 0.25) is 0 Å². The van der Waals surface area contributed by atoms with Gasteiger partial charge in [-0.2, -0.15) is 28.8 Å². The molecule has 5 N–H and O–H groups in total. The second-order valence-corrected chi connectivity index (χ2v) is 16.2. The number of phosphoric acid groups is 1. The van der Waals surface area contributed by atoms with Crippen LogP contribution in [-0.4, -0.2) is 73.0 Å². The molecule has 320 valence electrons. The number of nitrogen functional groups attached to an aromatic ring is 1. The Labute approximate surface area is 335 Å². The van der Waals surface area contributed by atoms with Crippen LogP contribution < -0.4 is 5.73 Å². The number of alkyl halides is 3. The molecule has 14 nitrogen and oxygen atoms in total. The molecule has 0 saturated carbocycles. The van der Waals surface area contributed by atoms with Crippen molar-refractivity contribution >= 4 is 19.2 Å². The van der Waals surface area contributed by atoms with Crippen LogP contribution in [0.5, 0.6) is 0 Å². The van der Waals surface area contributed by atoms with Crippen LogP contribution in [0.15, 0.2) is 36.7 Å². The van der Waals surface area contributed by atoms with Crippen LogP contribution in [0.1, 0.15) is 126 Å². The number of halogens is 4. The van der Waals surface area contributed by atoms with Gasteiger partial charge in [0.2, 0.25) is 5.60 Å². The molecule has 0 amide bonds. The molecule has 1 aliphatic rings. The first-order valence-electron chi connectivity index (χ1n) is 19.7. The molecule has 19 heteroatoms. The smallest absolute Gasteiger partial charge is 0.387 e. The summed E-state index contributed by atoms with van der Waals surface area (Å²) < 4.78 is 87.3. The Kier molecular flexibility index (Phi) is 18.3. The third-order valence-corrected chi connectivity index (χ3v) is 11.0. The Balaban J connectivity index is 1.22. The summed E-state index contributed by atoms with van der Waals surface area (Å²) in [6, 6.07) is 10.5. The van der Waals surface area contributed by atoms with Crippen molar-refractivity contribution in [3.8, 4) is 12.1 Å². The average Bonchev–Trinajstić information content (AvgIpc) is 3.72. The molecule has 3 aromatic rings. The van der Waals surface area contributed by atoms with Crippen LogP contribution >= 0.6 is 7.82 Å². The summed E-state index contributed by atoms with van der Waals surface area (Å²) in [5.74, 6) is -0.475. The zero-order valence-corrected chi connectivity index (χ0v) is 33.3. The molecule has 1 unspecified atom stereocenters. The normalized spacial score (nSPS) is 21.2. The summed E-state index contributed by atoms with van der Waals surface area (Å²) in [5, 5.41) is 45.1. The summed E-state index contributed by atoms with van der Waals surface area (Å²) >= 11 is 0. The van der Waals surface area contributed by atoms with Crippen LogP contribution in [0.3, 0.4) is 0 Å². The zero-order valence-electron chi connectivity index (χ0n) is 32.4. The Morgan fingerprint density at radius 2 is 1.57 bits per heavy atom. The first-order chi connectivity index (χ1) is 27.7. The summed E-state index contributed by atoms with van der Waals surface area (Å²) in [7, 11) is -4.91. The Bertz CT molecular complexity index is 1870. The molecule has 4 rings (SSSR count). The van der Waals surface area contributed by atoms with E-state index in [4.69, 9.17) is 24.3 Å². The number of nitrogens with zero attached hydrogens (tertiary/aromatic N) is 5. The number of benzene rings is 1. The van der Waals surface area contributed by atoms with Crippen molar-refractivity contribution in [3.63, 3.8) is 0 Å². The largest absolute Gasteiger partial charge is 0.472 e. The molecule has 0 spiro atoms. The molecule has 1 fully saturated rings. The summed E-state index contributed by atoms with van der Waals surface area (Å²) in [6.07, 6.45) is 3.88. The highest BCUT2D eigenvalue weighted by molar-refractivity contribution is 7.47. The zero-order chi connectivity index (χ0) is 42.2. The second kappa shape index (κ2) is 22.6. The fourth-order valence-corrected chi connectivity index (χ4v) is 7.70. The number of anilines is 1. The quantitative estimate of drug-likeness (QED) is 0.0344. The second-order valence-electron chi connectivity index (χ2n) is 14.7. The van der Waals surface area contributed by atoms with E-state index < -0.39 is 69.5 Å². The highest BCUT2D eigenvalue weighted by Gasteiger charge is 2.57. The van der Waals surface area contributed by atoms with Crippen molar-refractivity contribution in [1.29, 1.82) is 10.5 Å². The SMILES string of the molecule is N#Cc1cc(F)cc(CO[C@@H](CCCCCCCCCCCCCCCCC(F)(F)F)COP(=O)(O)OC[C@@]2(C#N)O[C@@H](c3ccc4c(N)ncnn34)[C@H](O)[C@@H]2O)c1. The minimum atomic E-state index is -4.91. The monoisotopic (exact) mass is 840 g/mol. The van der Waals surface area contributed by atoms with Gasteiger partial charge in [0.1, 0.15) is 48.6 Å². The van der Waals surface area contributed by atoms with E-state index in [2.05, 4.69) is 10.1 Å². The highest BCUT2D eigenvalue weighted by Crippen LogP contribution is 2.48. The minimum Gasteiger partial charge on any atom is -0.387 e. The minimum absolute atomic E-state index is 0.107. The number of rotatable bonds is 26. The fraction of sp³-hybridized carbons (Fsp3) is 0.641.